The summed E-state index contributed by atoms with van der Waals surface area (Å²) in [5.41, 5.74) is 1.37. The number of hydrogen-bond acceptors (Lipinski definition) is 3. The first-order valence-corrected chi connectivity index (χ1v) is 6.53. The number of nitrogens with zero attached hydrogens (tertiary/aromatic N) is 1. The van der Waals surface area contributed by atoms with Crippen LogP contribution in [0.25, 0.3) is 10.8 Å². The van der Waals surface area contributed by atoms with Gasteiger partial charge < -0.3 is 10.1 Å². The van der Waals surface area contributed by atoms with Crippen LogP contribution in [0.5, 0.6) is 0 Å². The SMILES string of the molecule is c1cc(CC2CNCCOC2)c2cnccc2c1. The van der Waals surface area contributed by atoms with E-state index < -0.39 is 0 Å². The summed E-state index contributed by atoms with van der Waals surface area (Å²) in [5.74, 6) is 0.554. The summed E-state index contributed by atoms with van der Waals surface area (Å²) in [6.45, 7) is 3.68. The van der Waals surface area contributed by atoms with Gasteiger partial charge in [0.2, 0.25) is 0 Å². The fraction of sp³-hybridized carbons (Fsp3) is 0.400. The minimum Gasteiger partial charge on any atom is -0.380 e. The average Bonchev–Trinajstić information content (AvgIpc) is 2.68. The monoisotopic (exact) mass is 242 g/mol. The van der Waals surface area contributed by atoms with Gasteiger partial charge in [0.05, 0.1) is 13.2 Å². The zero-order valence-electron chi connectivity index (χ0n) is 10.4. The molecule has 1 aromatic carbocycles. The van der Waals surface area contributed by atoms with Crippen LogP contribution in [0.4, 0.5) is 0 Å². The van der Waals surface area contributed by atoms with Gasteiger partial charge in [0.15, 0.2) is 0 Å². The molecule has 1 fully saturated rings. The second-order valence-electron chi connectivity index (χ2n) is 4.86. The summed E-state index contributed by atoms with van der Waals surface area (Å²) in [5, 5.41) is 5.96. The lowest BCUT2D eigenvalue weighted by Gasteiger charge is -2.15. The van der Waals surface area contributed by atoms with E-state index in [1.807, 2.05) is 12.4 Å². The first-order chi connectivity index (χ1) is 8.93. The van der Waals surface area contributed by atoms with Gasteiger partial charge in [-0.05, 0) is 29.4 Å². The van der Waals surface area contributed by atoms with Crippen molar-refractivity contribution in [2.75, 3.05) is 26.3 Å². The molecule has 1 aliphatic rings. The van der Waals surface area contributed by atoms with E-state index in [-0.39, 0.29) is 0 Å². The second-order valence-corrected chi connectivity index (χ2v) is 4.86. The lowest BCUT2D eigenvalue weighted by atomic mass is 9.96. The highest BCUT2D eigenvalue weighted by Crippen LogP contribution is 2.20. The van der Waals surface area contributed by atoms with Crippen molar-refractivity contribution in [3.05, 3.63) is 42.2 Å². The maximum Gasteiger partial charge on any atom is 0.0591 e. The van der Waals surface area contributed by atoms with E-state index >= 15 is 0 Å². The number of nitrogens with one attached hydrogen (secondary N) is 1. The van der Waals surface area contributed by atoms with Crippen molar-refractivity contribution < 1.29 is 4.74 Å². The van der Waals surface area contributed by atoms with Crippen LogP contribution in [0.3, 0.4) is 0 Å². The van der Waals surface area contributed by atoms with Gasteiger partial charge >= 0.3 is 0 Å². The topological polar surface area (TPSA) is 34.1 Å². The van der Waals surface area contributed by atoms with Gasteiger partial charge in [-0.25, -0.2) is 0 Å². The molecular formula is C15H18N2O. The molecular weight excluding hydrogens is 224 g/mol. The predicted molar refractivity (Wildman–Crippen MR) is 72.6 cm³/mol. The predicted octanol–water partition coefficient (Wildman–Crippen LogP) is 2.01. The molecule has 0 bridgehead atoms. The highest BCUT2D eigenvalue weighted by molar-refractivity contribution is 5.84. The lowest BCUT2D eigenvalue weighted by molar-refractivity contribution is 0.123. The van der Waals surface area contributed by atoms with Crippen molar-refractivity contribution in [1.29, 1.82) is 0 Å². The molecule has 1 aromatic heterocycles. The molecule has 0 saturated carbocycles. The van der Waals surface area contributed by atoms with Crippen LogP contribution in [-0.4, -0.2) is 31.3 Å². The summed E-state index contributed by atoms with van der Waals surface area (Å²) < 4.78 is 5.61. The Labute approximate surface area is 107 Å². The van der Waals surface area contributed by atoms with Crippen molar-refractivity contribution in [2.45, 2.75) is 6.42 Å². The van der Waals surface area contributed by atoms with E-state index in [0.29, 0.717) is 5.92 Å². The lowest BCUT2D eigenvalue weighted by Crippen LogP contribution is -2.24. The van der Waals surface area contributed by atoms with Crippen LogP contribution in [0, 0.1) is 5.92 Å². The molecule has 3 heteroatoms. The van der Waals surface area contributed by atoms with Gasteiger partial charge in [-0.2, -0.15) is 0 Å². The van der Waals surface area contributed by atoms with E-state index in [2.05, 4.69) is 34.6 Å². The molecule has 0 radical (unpaired) electrons. The van der Waals surface area contributed by atoms with Gasteiger partial charge in [-0.15, -0.1) is 0 Å². The molecule has 0 amide bonds. The van der Waals surface area contributed by atoms with Gasteiger partial charge in [-0.1, -0.05) is 18.2 Å². The van der Waals surface area contributed by atoms with Crippen LogP contribution in [-0.2, 0) is 11.2 Å². The minimum atomic E-state index is 0.554. The highest BCUT2D eigenvalue weighted by Gasteiger charge is 2.14. The van der Waals surface area contributed by atoms with E-state index in [1.165, 1.54) is 16.3 Å². The third-order valence-electron chi connectivity index (χ3n) is 3.49. The number of hydrogen-bond donors (Lipinski definition) is 1. The summed E-state index contributed by atoms with van der Waals surface area (Å²) in [7, 11) is 0. The number of ether oxygens (including phenoxy) is 1. The first kappa shape index (κ1) is 11.6. The van der Waals surface area contributed by atoms with E-state index in [1.54, 1.807) is 0 Å². The molecule has 1 unspecified atom stereocenters. The van der Waals surface area contributed by atoms with Crippen LogP contribution >= 0.6 is 0 Å². The molecule has 3 rings (SSSR count). The third kappa shape index (κ3) is 2.52. The highest BCUT2D eigenvalue weighted by atomic mass is 16.5. The molecule has 1 atom stereocenters. The van der Waals surface area contributed by atoms with Gasteiger partial charge in [0.25, 0.3) is 0 Å². The molecule has 2 heterocycles. The summed E-state index contributed by atoms with van der Waals surface area (Å²) in [6.07, 6.45) is 4.87. The minimum absolute atomic E-state index is 0.554. The largest absolute Gasteiger partial charge is 0.380 e. The third-order valence-corrected chi connectivity index (χ3v) is 3.49. The molecule has 0 spiro atoms. The fourth-order valence-corrected chi connectivity index (χ4v) is 2.56. The van der Waals surface area contributed by atoms with Gasteiger partial charge in [0, 0.05) is 30.9 Å². The molecule has 2 aromatic rings. The average molecular weight is 242 g/mol. The molecule has 18 heavy (non-hydrogen) atoms. The summed E-state index contributed by atoms with van der Waals surface area (Å²) in [4.78, 5) is 4.24. The molecule has 94 valence electrons. The first-order valence-electron chi connectivity index (χ1n) is 6.53. The van der Waals surface area contributed by atoms with Crippen LogP contribution in [0.15, 0.2) is 36.7 Å². The molecule has 1 N–H and O–H groups in total. The number of benzene rings is 1. The Morgan fingerprint density at radius 3 is 3.33 bits per heavy atom. The van der Waals surface area contributed by atoms with Crippen LogP contribution in [0.1, 0.15) is 5.56 Å². The van der Waals surface area contributed by atoms with E-state index in [4.69, 9.17) is 4.74 Å². The van der Waals surface area contributed by atoms with Gasteiger partial charge in [-0.3, -0.25) is 4.98 Å². The number of fused-ring (bicyclic) bond motifs is 1. The quantitative estimate of drug-likeness (QED) is 0.874. The zero-order valence-corrected chi connectivity index (χ0v) is 10.4. The second kappa shape index (κ2) is 5.46. The smallest absolute Gasteiger partial charge is 0.0591 e. The molecule has 1 aliphatic heterocycles. The van der Waals surface area contributed by atoms with Gasteiger partial charge in [0.1, 0.15) is 0 Å². The Bertz CT molecular complexity index is 513. The van der Waals surface area contributed by atoms with E-state index in [0.717, 1.165) is 32.7 Å². The van der Waals surface area contributed by atoms with Crippen molar-refractivity contribution in [2.24, 2.45) is 5.92 Å². The van der Waals surface area contributed by atoms with Crippen molar-refractivity contribution in [3.8, 4) is 0 Å². The number of rotatable bonds is 2. The normalized spacial score (nSPS) is 20.8. The van der Waals surface area contributed by atoms with Crippen molar-refractivity contribution in [3.63, 3.8) is 0 Å². The Hall–Kier alpha value is -1.45. The van der Waals surface area contributed by atoms with Crippen LogP contribution in [0.2, 0.25) is 0 Å². The number of aromatic nitrogens is 1. The van der Waals surface area contributed by atoms with Crippen molar-refractivity contribution >= 4 is 10.8 Å². The van der Waals surface area contributed by atoms with Crippen LogP contribution < -0.4 is 5.32 Å². The summed E-state index contributed by atoms with van der Waals surface area (Å²) in [6, 6.07) is 8.54. The van der Waals surface area contributed by atoms with Crippen molar-refractivity contribution in [1.82, 2.24) is 10.3 Å². The molecule has 3 nitrogen and oxygen atoms in total. The maximum atomic E-state index is 5.61. The zero-order chi connectivity index (χ0) is 12.2. The Morgan fingerprint density at radius 1 is 1.33 bits per heavy atom. The van der Waals surface area contributed by atoms with E-state index in [9.17, 15) is 0 Å². The summed E-state index contributed by atoms with van der Waals surface area (Å²) >= 11 is 0. The molecule has 0 aliphatic carbocycles. The Balaban J connectivity index is 1.85. The Morgan fingerprint density at radius 2 is 2.33 bits per heavy atom. The molecule has 1 saturated heterocycles. The fourth-order valence-electron chi connectivity index (χ4n) is 2.56. The number of pyridine rings is 1. The standard InChI is InChI=1S/C15H18N2O/c1-2-13-4-5-16-10-15(13)14(3-1)8-12-9-17-6-7-18-11-12/h1-5,10,12,17H,6-9,11H2. The Kier molecular flexibility index (Phi) is 3.53. The maximum absolute atomic E-state index is 5.61.